The van der Waals surface area contributed by atoms with Crippen LogP contribution in [-0.4, -0.2) is 197 Å². The fraction of sp³-hybridized carbons (Fsp3) is 0.396. The van der Waals surface area contributed by atoms with Gasteiger partial charge in [-0.2, -0.15) is 10.5 Å². The third-order valence-electron chi connectivity index (χ3n) is 26.8. The highest BCUT2D eigenvalue weighted by molar-refractivity contribution is 9.10. The van der Waals surface area contributed by atoms with E-state index in [9.17, 15) is 10.5 Å². The first-order valence-corrected chi connectivity index (χ1v) is 48.2. The van der Waals surface area contributed by atoms with Crippen LogP contribution < -0.4 is 10.6 Å². The van der Waals surface area contributed by atoms with Gasteiger partial charge in [-0.15, -0.1) is 0 Å². The third kappa shape index (κ3) is 22.3. The van der Waals surface area contributed by atoms with Crippen LogP contribution in [0.2, 0.25) is 0 Å². The molecule has 3 aromatic heterocycles. The summed E-state index contributed by atoms with van der Waals surface area (Å²) in [5.74, 6) is 4.42. The first kappa shape index (κ1) is 90.2. The fourth-order valence-electron chi connectivity index (χ4n) is 20.3. The molecular weight excluding hydrogens is 1750 g/mol. The van der Waals surface area contributed by atoms with Gasteiger partial charge < -0.3 is 53.3 Å². The molecule has 0 radical (unpaired) electrons. The highest BCUT2D eigenvalue weighted by atomic mass is 79.9. The van der Waals surface area contributed by atoms with Crippen molar-refractivity contribution in [1.29, 1.82) is 10.5 Å². The Kier molecular flexibility index (Phi) is 30.6. The van der Waals surface area contributed by atoms with Crippen molar-refractivity contribution in [2.75, 3.05) is 144 Å². The molecule has 0 bridgehead atoms. The molecule has 17 nitrogen and oxygen atoms in total. The quantitative estimate of drug-likeness (QED) is 0.0443. The van der Waals surface area contributed by atoms with Gasteiger partial charge in [0.2, 0.25) is 0 Å². The van der Waals surface area contributed by atoms with Crippen LogP contribution in [0.15, 0.2) is 225 Å². The summed E-state index contributed by atoms with van der Waals surface area (Å²) < 4.78 is 79.3. The van der Waals surface area contributed by atoms with E-state index in [0.29, 0.717) is 79.0 Å². The molecule has 668 valence electrons. The number of likely N-dealkylation sites (tertiary alicyclic amines) is 2. The monoisotopic (exact) mass is 1860 g/mol. The molecule has 0 unspecified atom stereocenters. The lowest BCUT2D eigenvalue weighted by Gasteiger charge is -2.30. The minimum Gasteiger partial charge on any atom is -0.464 e. The smallest absolute Gasteiger partial charge is 0.137 e. The Bertz CT molecular complexity index is 6020. The number of nitriles is 2. The molecule has 2 N–H and O–H groups in total. The molecule has 11 heterocycles. The molecule has 0 spiro atoms. The van der Waals surface area contributed by atoms with Crippen molar-refractivity contribution in [2.24, 2.45) is 31.8 Å². The summed E-state index contributed by atoms with van der Waals surface area (Å²) in [5.41, 5.74) is 14.4. The summed E-state index contributed by atoms with van der Waals surface area (Å²) >= 11 is 7.23. The Morgan fingerprint density at radius 1 is 0.357 bits per heavy atom. The lowest BCUT2D eigenvalue weighted by Crippen LogP contribution is -2.38. The number of aliphatic imine (C=N–C) groups is 4. The number of benzene rings is 9. The molecule has 8 aliphatic heterocycles. The predicted molar refractivity (Wildman–Crippen MR) is 516 cm³/mol. The number of nitrogens with one attached hydrogen (secondary N) is 2. The summed E-state index contributed by atoms with van der Waals surface area (Å²) in [6.07, 6.45) is 22.2. The van der Waals surface area contributed by atoms with Gasteiger partial charge in [0.25, 0.3) is 0 Å². The van der Waals surface area contributed by atoms with Crippen molar-refractivity contribution < 1.29 is 30.8 Å². The summed E-state index contributed by atoms with van der Waals surface area (Å²) in [4.78, 5) is 33.6. The van der Waals surface area contributed by atoms with Gasteiger partial charge in [-0.25, -0.2) is 17.6 Å². The Morgan fingerprint density at radius 3 is 1.09 bits per heavy atom. The summed E-state index contributed by atoms with van der Waals surface area (Å²) in [5, 5.41) is 30.9. The number of hydrogen-bond donors (Lipinski definition) is 2. The zero-order chi connectivity index (χ0) is 88.4. The lowest BCUT2D eigenvalue weighted by atomic mass is 9.95. The third-order valence-corrected chi connectivity index (χ3v) is 27.8. The van der Waals surface area contributed by atoms with Crippen LogP contribution in [0.25, 0.3) is 43.7 Å². The first-order chi connectivity index (χ1) is 63.3. The molecule has 4 saturated heterocycles. The summed E-state index contributed by atoms with van der Waals surface area (Å²) in [6.45, 7) is 22.1. The molecule has 8 aliphatic rings. The highest BCUT2D eigenvalue weighted by Gasteiger charge is 2.31. The standard InChI is InChI=1S/C28H31BrFN3.C27H29FN4O.C26H27FN4O.C25H27BrFN3O/c29-23-19-21-7-1-2-8-24(21)22(20-23)11-12-25-26(9-5-10-27(25)30)28-31-13-18-33(28)17-6-16-32-14-3-4-15-32;28-25-6-3-5-24(27-30-10-15-32(27)14-4-13-31-11-1-2-12-31)23(25)8-7-21-17-20(19-29)18-22-9-16-33-26(21)22;27-24-3-1-2-23(26-30-11-12-31(26)17-18-6-9-29-10-7-18)22(24)5-4-20-14-19(16-28)15-21-8-13-32-25(20)21;26-20-14-18(24-19(15-20)8-13-31-24)4-5-21-22(2-1-3-23(21)27)25-29-11-12-30(25)16-17-6-9-28-10-7-17/h1-2,5,7-10,19-20H,3-4,6,11-18H2;3,5-6,9,16-18H,1-2,4,7-8,10-15H2;1-3,8,13-15,18,29H,4-7,9-12,17H2;1-3,8,13-15,17,28H,4-7,9-12,16H2. The number of amidine groups is 4. The summed E-state index contributed by atoms with van der Waals surface area (Å²) in [7, 11) is 0. The fourth-order valence-corrected chi connectivity index (χ4v) is 21.3. The molecule has 129 heavy (non-hydrogen) atoms. The Balaban J connectivity index is 0.000000121. The van der Waals surface area contributed by atoms with E-state index in [0.717, 1.165) is 252 Å². The van der Waals surface area contributed by atoms with Crippen LogP contribution in [0.1, 0.15) is 142 Å². The average Bonchev–Trinajstić information content (AvgIpc) is 1.68. The van der Waals surface area contributed by atoms with E-state index < -0.39 is 0 Å². The average molecular weight is 1870 g/mol. The number of halogens is 6. The van der Waals surface area contributed by atoms with E-state index in [-0.39, 0.29) is 23.3 Å². The van der Waals surface area contributed by atoms with Crippen molar-refractivity contribution >= 4 is 98.9 Å². The molecule has 4 fully saturated rings. The summed E-state index contributed by atoms with van der Waals surface area (Å²) in [6, 6.07) is 55.8. The van der Waals surface area contributed by atoms with Gasteiger partial charge in [-0.1, -0.05) is 105 Å². The lowest BCUT2D eigenvalue weighted by molar-refractivity contribution is 0.295. The minimum absolute atomic E-state index is 0.126. The van der Waals surface area contributed by atoms with E-state index in [1.807, 2.05) is 78.9 Å². The largest absolute Gasteiger partial charge is 0.464 e. The first-order valence-electron chi connectivity index (χ1n) is 46.6. The Hall–Kier alpha value is -10.8. The number of hydrogen-bond acceptors (Lipinski definition) is 17. The minimum atomic E-state index is -0.203. The number of furan rings is 3. The maximum atomic E-state index is 15.1. The van der Waals surface area contributed by atoms with Gasteiger partial charge in [0.05, 0.1) is 68.2 Å². The zero-order valence-electron chi connectivity index (χ0n) is 73.6. The van der Waals surface area contributed by atoms with Gasteiger partial charge in [-0.3, -0.25) is 20.0 Å². The van der Waals surface area contributed by atoms with Crippen molar-refractivity contribution in [3.8, 4) is 12.1 Å². The molecule has 9 aromatic carbocycles. The molecule has 20 rings (SSSR count). The predicted octanol–water partition coefficient (Wildman–Crippen LogP) is 20.3. The van der Waals surface area contributed by atoms with Crippen LogP contribution >= 0.6 is 31.9 Å². The Morgan fingerprint density at radius 2 is 0.698 bits per heavy atom. The number of nitrogens with zero attached hydrogens (tertiary/aromatic N) is 12. The van der Waals surface area contributed by atoms with Crippen molar-refractivity contribution in [2.45, 2.75) is 116 Å². The zero-order valence-corrected chi connectivity index (χ0v) is 76.8. The SMILES string of the molecule is Fc1cccc(C2=NCCN2CC2CCNCC2)c1CCc1cc(Br)cc2ccoc12.Fc1cccc(C2=NCCN2CCCN2CCCC2)c1CCc1cc(Br)cc2ccccc12.N#Cc1cc(CCc2c(F)cccc2C2=NCCN2CC2CCNCC2)c2occc2c1.N#Cc1cc(CCc2c(F)cccc2C2=NCCN2CCCN2CCCC2)c2occc2c1. The topological polar surface area (TPSA) is 180 Å². The van der Waals surface area contributed by atoms with E-state index >= 15 is 17.6 Å². The highest BCUT2D eigenvalue weighted by Crippen LogP contribution is 2.35. The van der Waals surface area contributed by atoms with Crippen LogP contribution in [0, 0.1) is 57.8 Å². The van der Waals surface area contributed by atoms with E-state index in [1.54, 1.807) is 43.1 Å². The molecule has 12 aromatic rings. The van der Waals surface area contributed by atoms with Crippen LogP contribution in [-0.2, 0) is 51.4 Å². The second kappa shape index (κ2) is 43.8. The van der Waals surface area contributed by atoms with Crippen molar-refractivity contribution in [1.82, 2.24) is 40.0 Å². The van der Waals surface area contributed by atoms with Crippen LogP contribution in [0.3, 0.4) is 0 Å². The van der Waals surface area contributed by atoms with Gasteiger partial charge in [0.1, 0.15) is 63.4 Å². The molecule has 23 heteroatoms. The van der Waals surface area contributed by atoms with E-state index in [1.165, 1.54) is 106 Å². The normalized spacial score (nSPS) is 16.9. The molecule has 0 atom stereocenters. The number of aryl methyl sites for hydroxylation is 4. The van der Waals surface area contributed by atoms with Gasteiger partial charge in [-0.05, 0) is 339 Å². The molecule has 0 aliphatic carbocycles. The maximum Gasteiger partial charge on any atom is 0.137 e. The van der Waals surface area contributed by atoms with Crippen molar-refractivity contribution in [3.63, 3.8) is 0 Å². The van der Waals surface area contributed by atoms with Crippen molar-refractivity contribution in [3.05, 3.63) is 293 Å². The van der Waals surface area contributed by atoms with Gasteiger partial charge >= 0.3 is 0 Å². The second-order valence-electron chi connectivity index (χ2n) is 35.3. The van der Waals surface area contributed by atoms with Crippen LogP contribution in [0.4, 0.5) is 17.6 Å². The number of rotatable bonds is 28. The van der Waals surface area contributed by atoms with Crippen LogP contribution in [0.5, 0.6) is 0 Å². The number of piperidine rings is 2. The molecule has 0 saturated carbocycles. The number of fused-ring (bicyclic) bond motifs is 4. The second-order valence-corrected chi connectivity index (χ2v) is 37.1. The maximum absolute atomic E-state index is 15.1. The molecule has 0 amide bonds. The van der Waals surface area contributed by atoms with E-state index in [2.05, 4.69) is 133 Å². The Labute approximate surface area is 771 Å². The molecular formula is C106H114Br2F4N14O3. The van der Waals surface area contributed by atoms with Gasteiger partial charge in [0.15, 0.2) is 0 Å². The van der Waals surface area contributed by atoms with E-state index in [4.69, 9.17) is 33.2 Å². The van der Waals surface area contributed by atoms with Gasteiger partial charge in [0, 0.05) is 99.7 Å².